The Hall–Kier alpha value is -1.10. The van der Waals surface area contributed by atoms with Gasteiger partial charge < -0.3 is 14.2 Å². The van der Waals surface area contributed by atoms with E-state index in [-0.39, 0.29) is 6.61 Å². The van der Waals surface area contributed by atoms with Gasteiger partial charge in [-0.3, -0.25) is 4.79 Å². The average Bonchev–Trinajstić information content (AvgIpc) is 2.37. The standard InChI is InChI=1S/C12H17F7O4/c1-4-21-8(20)7-9(22-5-2,23-6-3)10(13,14)11(15,16)12(17,18)19/h4-7H2,1-3H3. The summed E-state index contributed by atoms with van der Waals surface area (Å²) in [5.74, 6) is -17.7. The van der Waals surface area contributed by atoms with Crippen molar-refractivity contribution >= 4 is 5.97 Å². The Morgan fingerprint density at radius 2 is 1.22 bits per heavy atom. The zero-order chi connectivity index (χ0) is 18.5. The van der Waals surface area contributed by atoms with Crippen LogP contribution in [0.3, 0.4) is 0 Å². The summed E-state index contributed by atoms with van der Waals surface area (Å²) >= 11 is 0. The Bertz CT molecular complexity index is 389. The van der Waals surface area contributed by atoms with Gasteiger partial charge in [-0.1, -0.05) is 0 Å². The molecule has 0 aliphatic heterocycles. The monoisotopic (exact) mass is 358 g/mol. The fourth-order valence-corrected chi connectivity index (χ4v) is 1.72. The predicted molar refractivity (Wildman–Crippen MR) is 63.2 cm³/mol. The van der Waals surface area contributed by atoms with Crippen LogP contribution in [0.25, 0.3) is 0 Å². The molecule has 0 amide bonds. The second-order valence-corrected chi connectivity index (χ2v) is 4.25. The minimum Gasteiger partial charge on any atom is -0.466 e. The molecule has 11 heteroatoms. The van der Waals surface area contributed by atoms with E-state index in [9.17, 15) is 35.5 Å². The van der Waals surface area contributed by atoms with Gasteiger partial charge in [0.15, 0.2) is 0 Å². The van der Waals surface area contributed by atoms with Crippen molar-refractivity contribution < 1.29 is 49.7 Å². The van der Waals surface area contributed by atoms with Gasteiger partial charge in [-0.15, -0.1) is 0 Å². The number of alkyl halides is 7. The van der Waals surface area contributed by atoms with E-state index in [1.165, 1.54) is 6.92 Å². The number of carbonyl (C=O) groups is 1. The summed E-state index contributed by atoms with van der Waals surface area (Å²) in [6.45, 7) is 1.73. The quantitative estimate of drug-likeness (QED) is 0.359. The third kappa shape index (κ3) is 4.25. The average molecular weight is 358 g/mol. The minimum atomic E-state index is -6.58. The van der Waals surface area contributed by atoms with Crippen molar-refractivity contribution in [3.05, 3.63) is 0 Å². The molecule has 0 aromatic carbocycles. The summed E-state index contributed by atoms with van der Waals surface area (Å²) in [6, 6.07) is 0. The first-order valence-corrected chi connectivity index (χ1v) is 6.58. The first kappa shape index (κ1) is 21.9. The fraction of sp³-hybridized carbons (Fsp3) is 0.917. The van der Waals surface area contributed by atoms with E-state index in [2.05, 4.69) is 14.2 Å². The summed E-state index contributed by atoms with van der Waals surface area (Å²) in [5, 5.41) is 0. The highest BCUT2D eigenvalue weighted by atomic mass is 19.4. The molecule has 0 aliphatic carbocycles. The maximum atomic E-state index is 14.1. The maximum absolute atomic E-state index is 14.1. The van der Waals surface area contributed by atoms with Gasteiger partial charge in [-0.25, -0.2) is 0 Å². The van der Waals surface area contributed by atoms with Crippen molar-refractivity contribution in [2.45, 2.75) is 51.0 Å². The highest BCUT2D eigenvalue weighted by Gasteiger charge is 2.81. The lowest BCUT2D eigenvalue weighted by Crippen LogP contribution is -2.66. The van der Waals surface area contributed by atoms with Crippen LogP contribution >= 0.6 is 0 Å². The first-order valence-electron chi connectivity index (χ1n) is 6.58. The van der Waals surface area contributed by atoms with Gasteiger partial charge in [0, 0.05) is 13.2 Å². The van der Waals surface area contributed by atoms with E-state index in [1.54, 1.807) is 0 Å². The van der Waals surface area contributed by atoms with E-state index in [0.717, 1.165) is 13.8 Å². The zero-order valence-corrected chi connectivity index (χ0v) is 12.6. The van der Waals surface area contributed by atoms with Crippen LogP contribution in [0.1, 0.15) is 27.2 Å². The number of halogens is 7. The first-order chi connectivity index (χ1) is 10.3. The molecule has 0 fully saturated rings. The minimum absolute atomic E-state index is 0.297. The van der Waals surface area contributed by atoms with Crippen LogP contribution in [0.4, 0.5) is 30.7 Å². The number of rotatable bonds is 9. The van der Waals surface area contributed by atoms with Gasteiger partial charge in [0.1, 0.15) is 6.42 Å². The molecule has 0 atom stereocenters. The van der Waals surface area contributed by atoms with Crippen LogP contribution in [0.15, 0.2) is 0 Å². The van der Waals surface area contributed by atoms with Crippen LogP contribution in [0.2, 0.25) is 0 Å². The number of hydrogen-bond donors (Lipinski definition) is 0. The van der Waals surface area contributed by atoms with Gasteiger partial charge >= 0.3 is 24.0 Å². The van der Waals surface area contributed by atoms with E-state index >= 15 is 0 Å². The number of esters is 1. The molecular weight excluding hydrogens is 341 g/mol. The third-order valence-corrected chi connectivity index (χ3v) is 2.67. The molecule has 138 valence electrons. The summed E-state index contributed by atoms with van der Waals surface area (Å²) in [4.78, 5) is 11.4. The Balaban J connectivity index is 6.03. The Kier molecular flexibility index (Phi) is 7.28. The second-order valence-electron chi connectivity index (χ2n) is 4.25. The number of carbonyl (C=O) groups excluding carboxylic acids is 1. The smallest absolute Gasteiger partial charge is 0.460 e. The van der Waals surface area contributed by atoms with Crippen molar-refractivity contribution in [2.75, 3.05) is 19.8 Å². The van der Waals surface area contributed by atoms with Crippen LogP contribution in [0.5, 0.6) is 0 Å². The van der Waals surface area contributed by atoms with E-state index in [4.69, 9.17) is 0 Å². The summed E-state index contributed by atoms with van der Waals surface area (Å²) in [6.07, 6.45) is -8.22. The van der Waals surface area contributed by atoms with Gasteiger partial charge in [0.05, 0.1) is 6.61 Å². The van der Waals surface area contributed by atoms with E-state index < -0.39 is 49.4 Å². The maximum Gasteiger partial charge on any atom is 0.460 e. The summed E-state index contributed by atoms with van der Waals surface area (Å²) < 4.78 is 105. The molecule has 0 aromatic heterocycles. The fourth-order valence-electron chi connectivity index (χ4n) is 1.72. The molecule has 0 saturated carbocycles. The molecular formula is C12H17F7O4. The van der Waals surface area contributed by atoms with Gasteiger partial charge in [-0.2, -0.15) is 30.7 Å². The Morgan fingerprint density at radius 3 is 1.52 bits per heavy atom. The normalized spacial score (nSPS) is 14.0. The number of hydrogen-bond acceptors (Lipinski definition) is 4. The SMILES string of the molecule is CCOC(=O)CC(OCC)(OCC)C(F)(F)C(F)(F)C(F)(F)F. The van der Waals surface area contributed by atoms with Gasteiger partial charge in [0.2, 0.25) is 0 Å². The molecule has 4 nitrogen and oxygen atoms in total. The zero-order valence-electron chi connectivity index (χ0n) is 12.6. The highest BCUT2D eigenvalue weighted by Crippen LogP contribution is 2.53. The molecule has 0 aromatic rings. The molecule has 0 aliphatic rings. The van der Waals surface area contributed by atoms with Crippen molar-refractivity contribution in [2.24, 2.45) is 0 Å². The predicted octanol–water partition coefficient (Wildman–Crippen LogP) is 3.54. The molecule has 0 bridgehead atoms. The molecule has 0 heterocycles. The second kappa shape index (κ2) is 7.65. The van der Waals surface area contributed by atoms with Crippen molar-refractivity contribution in [1.82, 2.24) is 0 Å². The summed E-state index contributed by atoms with van der Waals surface area (Å²) in [5.41, 5.74) is 0. The van der Waals surface area contributed by atoms with Crippen LogP contribution in [-0.2, 0) is 19.0 Å². The lowest BCUT2D eigenvalue weighted by atomic mass is 9.97. The molecule has 0 N–H and O–H groups in total. The van der Waals surface area contributed by atoms with Crippen LogP contribution < -0.4 is 0 Å². The summed E-state index contributed by atoms with van der Waals surface area (Å²) in [7, 11) is 0. The van der Waals surface area contributed by atoms with Crippen molar-refractivity contribution in [3.8, 4) is 0 Å². The van der Waals surface area contributed by atoms with Crippen LogP contribution in [0, 0.1) is 0 Å². The van der Waals surface area contributed by atoms with Gasteiger partial charge in [-0.05, 0) is 20.8 Å². The molecule has 0 rings (SSSR count). The Morgan fingerprint density at radius 1 is 0.783 bits per heavy atom. The van der Waals surface area contributed by atoms with E-state index in [1.807, 2.05) is 0 Å². The molecule has 0 saturated heterocycles. The van der Waals surface area contributed by atoms with Gasteiger partial charge in [0.25, 0.3) is 5.79 Å². The number of ether oxygens (including phenoxy) is 3. The lowest BCUT2D eigenvalue weighted by Gasteiger charge is -2.42. The molecule has 0 unspecified atom stereocenters. The van der Waals surface area contributed by atoms with E-state index in [0.29, 0.717) is 0 Å². The Labute approximate surface area is 127 Å². The highest BCUT2D eigenvalue weighted by molar-refractivity contribution is 5.70. The van der Waals surface area contributed by atoms with Crippen molar-refractivity contribution in [1.29, 1.82) is 0 Å². The largest absolute Gasteiger partial charge is 0.466 e. The molecule has 0 radical (unpaired) electrons. The molecule has 23 heavy (non-hydrogen) atoms. The van der Waals surface area contributed by atoms with Crippen molar-refractivity contribution in [3.63, 3.8) is 0 Å². The lowest BCUT2D eigenvalue weighted by molar-refractivity contribution is -0.435. The third-order valence-electron chi connectivity index (χ3n) is 2.67. The molecule has 0 spiro atoms. The van der Waals surface area contributed by atoms with Crippen LogP contribution in [-0.4, -0.2) is 49.6 Å². The topological polar surface area (TPSA) is 44.8 Å².